The molecule has 2 aromatic carbocycles. The molecule has 0 atom stereocenters. The molecular formula is C18H19N7O. The predicted octanol–water partition coefficient (Wildman–Crippen LogP) is 1.56. The van der Waals surface area contributed by atoms with E-state index in [0.717, 1.165) is 16.0 Å². The average molecular weight is 349 g/mol. The van der Waals surface area contributed by atoms with Gasteiger partial charge in [-0.15, -0.1) is 5.10 Å². The third kappa shape index (κ3) is 3.39. The molecule has 8 heteroatoms. The molecule has 0 saturated carbocycles. The Balaban J connectivity index is 1.89. The summed E-state index contributed by atoms with van der Waals surface area (Å²) in [4.78, 5) is 6.29. The molecule has 0 bridgehead atoms. The summed E-state index contributed by atoms with van der Waals surface area (Å²) in [5.41, 5.74) is 8.57. The van der Waals surface area contributed by atoms with Crippen LogP contribution in [0.5, 0.6) is 0 Å². The van der Waals surface area contributed by atoms with Crippen molar-refractivity contribution in [3.8, 4) is 0 Å². The molecule has 3 rings (SSSR count). The van der Waals surface area contributed by atoms with Crippen molar-refractivity contribution in [1.82, 2.24) is 9.71 Å². The number of amidine groups is 1. The van der Waals surface area contributed by atoms with Gasteiger partial charge in [0.25, 0.3) is 0 Å². The number of benzene rings is 2. The number of aromatic nitrogens is 2. The number of nitrogens with zero attached hydrogens (tertiary/aromatic N) is 5. The van der Waals surface area contributed by atoms with Crippen LogP contribution in [-0.2, 0) is 0 Å². The summed E-state index contributed by atoms with van der Waals surface area (Å²) in [7, 11) is 3.94. The van der Waals surface area contributed by atoms with E-state index in [1.54, 1.807) is 30.5 Å². The molecule has 3 aromatic rings. The van der Waals surface area contributed by atoms with Gasteiger partial charge in [0, 0.05) is 19.8 Å². The highest BCUT2D eigenvalue weighted by Gasteiger charge is 2.10. The summed E-state index contributed by atoms with van der Waals surface area (Å²) in [5.74, 6) is -0.0512. The van der Waals surface area contributed by atoms with Gasteiger partial charge in [0.15, 0.2) is 17.0 Å². The molecule has 0 amide bonds. The summed E-state index contributed by atoms with van der Waals surface area (Å²) in [6.07, 6.45) is 1.56. The molecule has 1 heterocycles. The number of fused-ring (bicyclic) bond motifs is 1. The molecule has 0 spiro atoms. The Bertz CT molecular complexity index is 1050. The number of nitrogens with one attached hydrogen (secondary N) is 1. The summed E-state index contributed by atoms with van der Waals surface area (Å²) >= 11 is 0. The molecule has 0 aliphatic heterocycles. The Morgan fingerprint density at radius 2 is 1.88 bits per heavy atom. The van der Waals surface area contributed by atoms with Crippen LogP contribution in [0.1, 0.15) is 11.3 Å². The van der Waals surface area contributed by atoms with Gasteiger partial charge in [-0.1, -0.05) is 24.3 Å². The SMILES string of the molecule is CN(C)c1ccc(C=NN=C(N)c2nc3ccccc3n(O)c2=N)cc1. The van der Waals surface area contributed by atoms with E-state index >= 15 is 0 Å². The van der Waals surface area contributed by atoms with Gasteiger partial charge in [-0.2, -0.15) is 9.83 Å². The maximum Gasteiger partial charge on any atom is 0.191 e. The van der Waals surface area contributed by atoms with Crippen LogP contribution in [0, 0.1) is 5.41 Å². The molecule has 0 aliphatic carbocycles. The molecule has 0 unspecified atom stereocenters. The molecule has 26 heavy (non-hydrogen) atoms. The highest BCUT2D eigenvalue weighted by molar-refractivity contribution is 5.97. The van der Waals surface area contributed by atoms with E-state index in [2.05, 4.69) is 15.2 Å². The van der Waals surface area contributed by atoms with E-state index in [4.69, 9.17) is 11.1 Å². The highest BCUT2D eigenvalue weighted by Crippen LogP contribution is 2.11. The zero-order valence-electron chi connectivity index (χ0n) is 14.5. The maximum atomic E-state index is 10.1. The van der Waals surface area contributed by atoms with Crippen molar-refractivity contribution in [2.45, 2.75) is 0 Å². The second kappa shape index (κ2) is 7.06. The van der Waals surface area contributed by atoms with Crippen molar-refractivity contribution < 1.29 is 5.21 Å². The summed E-state index contributed by atoms with van der Waals surface area (Å²) in [6, 6.07) is 14.7. The fourth-order valence-electron chi connectivity index (χ4n) is 2.37. The lowest BCUT2D eigenvalue weighted by Crippen LogP contribution is -2.31. The molecular weight excluding hydrogens is 330 g/mol. The molecule has 132 valence electrons. The van der Waals surface area contributed by atoms with Crippen LogP contribution in [0.2, 0.25) is 0 Å². The average Bonchev–Trinajstić information content (AvgIpc) is 2.65. The smallest absolute Gasteiger partial charge is 0.191 e. The van der Waals surface area contributed by atoms with Crippen LogP contribution < -0.4 is 16.1 Å². The second-order valence-corrected chi connectivity index (χ2v) is 5.83. The Morgan fingerprint density at radius 3 is 2.58 bits per heavy atom. The van der Waals surface area contributed by atoms with Gasteiger partial charge in [-0.3, -0.25) is 5.41 Å². The quantitative estimate of drug-likeness (QED) is 0.287. The lowest BCUT2D eigenvalue weighted by Gasteiger charge is -2.11. The molecule has 0 fully saturated rings. The molecule has 4 N–H and O–H groups in total. The van der Waals surface area contributed by atoms with Crippen molar-refractivity contribution in [2.75, 3.05) is 19.0 Å². The topological polar surface area (TPSA) is 116 Å². The fraction of sp³-hybridized carbons (Fsp3) is 0.111. The van der Waals surface area contributed by atoms with Crippen LogP contribution >= 0.6 is 0 Å². The van der Waals surface area contributed by atoms with Crippen LogP contribution in [0.4, 0.5) is 5.69 Å². The van der Waals surface area contributed by atoms with Crippen LogP contribution in [0.15, 0.2) is 58.7 Å². The zero-order chi connectivity index (χ0) is 18.7. The van der Waals surface area contributed by atoms with E-state index in [1.807, 2.05) is 43.3 Å². The first-order valence-electron chi connectivity index (χ1n) is 7.87. The van der Waals surface area contributed by atoms with Gasteiger partial charge >= 0.3 is 0 Å². The van der Waals surface area contributed by atoms with E-state index in [1.165, 1.54) is 0 Å². The zero-order valence-corrected chi connectivity index (χ0v) is 14.5. The third-order valence-corrected chi connectivity index (χ3v) is 3.80. The van der Waals surface area contributed by atoms with Crippen LogP contribution in [0.3, 0.4) is 0 Å². The lowest BCUT2D eigenvalue weighted by molar-refractivity contribution is 0.183. The second-order valence-electron chi connectivity index (χ2n) is 5.83. The van der Waals surface area contributed by atoms with Crippen molar-refractivity contribution >= 4 is 28.8 Å². The third-order valence-electron chi connectivity index (χ3n) is 3.80. The largest absolute Gasteiger partial charge is 0.426 e. The number of anilines is 1. The number of para-hydroxylation sites is 2. The maximum absolute atomic E-state index is 10.1. The lowest BCUT2D eigenvalue weighted by atomic mass is 10.2. The van der Waals surface area contributed by atoms with Gasteiger partial charge in [0.1, 0.15) is 5.52 Å². The van der Waals surface area contributed by atoms with E-state index in [0.29, 0.717) is 11.0 Å². The van der Waals surface area contributed by atoms with Gasteiger partial charge in [0.05, 0.1) is 11.7 Å². The van der Waals surface area contributed by atoms with Gasteiger partial charge < -0.3 is 15.8 Å². The molecule has 0 radical (unpaired) electrons. The molecule has 0 saturated heterocycles. The van der Waals surface area contributed by atoms with Crippen LogP contribution in [-0.4, -0.2) is 41.1 Å². The summed E-state index contributed by atoms with van der Waals surface area (Å²) in [5, 5.41) is 26.0. The first-order valence-corrected chi connectivity index (χ1v) is 7.87. The fourth-order valence-corrected chi connectivity index (χ4v) is 2.37. The van der Waals surface area contributed by atoms with E-state index in [-0.39, 0.29) is 17.0 Å². The Labute approximate surface area is 150 Å². The minimum absolute atomic E-state index is 0.0512. The Kier molecular flexibility index (Phi) is 4.66. The Hall–Kier alpha value is -3.68. The first kappa shape index (κ1) is 17.2. The number of nitrogens with two attached hydrogens (primary N) is 1. The first-order chi connectivity index (χ1) is 12.5. The molecule has 8 nitrogen and oxygen atoms in total. The van der Waals surface area contributed by atoms with E-state index < -0.39 is 0 Å². The standard InChI is InChI=1S/C18H19N7O/c1-24(2)13-9-7-12(8-10-13)11-21-23-17(19)16-18(20)25(26)15-6-4-3-5-14(15)22-16/h3-11,20,26H,1-2H3,(H2,19,23). The van der Waals surface area contributed by atoms with Crippen molar-refractivity contribution in [2.24, 2.45) is 15.9 Å². The minimum Gasteiger partial charge on any atom is -0.426 e. The van der Waals surface area contributed by atoms with Crippen LogP contribution in [0.25, 0.3) is 11.0 Å². The Morgan fingerprint density at radius 1 is 1.19 bits per heavy atom. The van der Waals surface area contributed by atoms with Gasteiger partial charge in [0.2, 0.25) is 0 Å². The predicted molar refractivity (Wildman–Crippen MR) is 102 cm³/mol. The minimum atomic E-state index is -0.254. The van der Waals surface area contributed by atoms with E-state index in [9.17, 15) is 5.21 Å². The van der Waals surface area contributed by atoms with Crippen molar-refractivity contribution in [1.29, 1.82) is 5.41 Å². The number of hydrogen-bond acceptors (Lipinski definition) is 6. The van der Waals surface area contributed by atoms with Gasteiger partial charge in [-0.05, 0) is 29.8 Å². The molecule has 1 aromatic heterocycles. The normalized spacial score (nSPS) is 12.0. The highest BCUT2D eigenvalue weighted by atomic mass is 16.5. The number of rotatable bonds is 4. The van der Waals surface area contributed by atoms with Gasteiger partial charge in [-0.25, -0.2) is 4.98 Å². The monoisotopic (exact) mass is 349 g/mol. The molecule has 0 aliphatic rings. The summed E-state index contributed by atoms with van der Waals surface area (Å²) in [6.45, 7) is 0. The summed E-state index contributed by atoms with van der Waals surface area (Å²) < 4.78 is 0.726. The van der Waals surface area contributed by atoms with Crippen molar-refractivity contribution in [3.63, 3.8) is 0 Å². The van der Waals surface area contributed by atoms with Crippen molar-refractivity contribution in [3.05, 3.63) is 65.3 Å². The number of hydrogen-bond donors (Lipinski definition) is 3.